The van der Waals surface area contributed by atoms with E-state index >= 15 is 0 Å². The lowest BCUT2D eigenvalue weighted by molar-refractivity contribution is 0.896. The first kappa shape index (κ1) is 11.7. The number of nitrogens with zero attached hydrogens (tertiary/aromatic N) is 2. The number of halogens is 1. The minimum Gasteiger partial charge on any atom is -0.237 e. The molecule has 1 saturated carbocycles. The standard InChI is InChI=1S/C15H15ClN2/c1-10-4-2-3-5-12(10)8-15-17-13(11-6-7-11)9-14(16)18-15/h2-5,9,11H,6-8H2,1H3. The Morgan fingerprint density at radius 1 is 1.22 bits per heavy atom. The van der Waals surface area contributed by atoms with Gasteiger partial charge in [-0.2, -0.15) is 0 Å². The van der Waals surface area contributed by atoms with Crippen molar-refractivity contribution in [3.63, 3.8) is 0 Å². The van der Waals surface area contributed by atoms with Gasteiger partial charge in [-0.25, -0.2) is 9.97 Å². The largest absolute Gasteiger partial charge is 0.237 e. The van der Waals surface area contributed by atoms with Crippen LogP contribution in [0.3, 0.4) is 0 Å². The Kier molecular flexibility index (Phi) is 3.04. The zero-order chi connectivity index (χ0) is 12.5. The maximum absolute atomic E-state index is 6.08. The Labute approximate surface area is 112 Å². The molecule has 2 nitrogen and oxygen atoms in total. The molecule has 0 radical (unpaired) electrons. The van der Waals surface area contributed by atoms with Crippen LogP contribution in [0.25, 0.3) is 0 Å². The highest BCUT2D eigenvalue weighted by molar-refractivity contribution is 6.29. The van der Waals surface area contributed by atoms with E-state index in [0.29, 0.717) is 11.1 Å². The van der Waals surface area contributed by atoms with Gasteiger partial charge >= 0.3 is 0 Å². The Morgan fingerprint density at radius 3 is 2.72 bits per heavy atom. The third-order valence-electron chi connectivity index (χ3n) is 3.37. The van der Waals surface area contributed by atoms with E-state index in [-0.39, 0.29) is 0 Å². The summed E-state index contributed by atoms with van der Waals surface area (Å²) in [6.07, 6.45) is 3.22. The molecule has 1 fully saturated rings. The van der Waals surface area contributed by atoms with Gasteiger partial charge in [0.05, 0.1) is 0 Å². The topological polar surface area (TPSA) is 25.8 Å². The zero-order valence-corrected chi connectivity index (χ0v) is 11.1. The molecular formula is C15H15ClN2. The minimum atomic E-state index is 0.565. The maximum atomic E-state index is 6.08. The van der Waals surface area contributed by atoms with Crippen molar-refractivity contribution < 1.29 is 0 Å². The van der Waals surface area contributed by atoms with Crippen molar-refractivity contribution in [2.75, 3.05) is 0 Å². The van der Waals surface area contributed by atoms with Crippen LogP contribution < -0.4 is 0 Å². The van der Waals surface area contributed by atoms with Crippen molar-refractivity contribution in [2.24, 2.45) is 0 Å². The van der Waals surface area contributed by atoms with Gasteiger partial charge in [-0.3, -0.25) is 0 Å². The lowest BCUT2D eigenvalue weighted by atomic mass is 10.1. The molecule has 0 unspecified atom stereocenters. The normalized spacial score (nSPS) is 14.8. The molecule has 0 amide bonds. The number of aromatic nitrogens is 2. The van der Waals surface area contributed by atoms with Crippen molar-refractivity contribution in [1.82, 2.24) is 9.97 Å². The van der Waals surface area contributed by atoms with E-state index in [1.807, 2.05) is 12.1 Å². The summed E-state index contributed by atoms with van der Waals surface area (Å²) in [7, 11) is 0. The molecule has 0 saturated heterocycles. The molecule has 1 aliphatic carbocycles. The monoisotopic (exact) mass is 258 g/mol. The molecule has 1 heterocycles. The van der Waals surface area contributed by atoms with E-state index in [4.69, 9.17) is 11.6 Å². The fourth-order valence-corrected chi connectivity index (χ4v) is 2.34. The number of benzene rings is 1. The van der Waals surface area contributed by atoms with Crippen LogP contribution in [0, 0.1) is 6.92 Å². The molecule has 1 aromatic heterocycles. The molecule has 0 aliphatic heterocycles. The van der Waals surface area contributed by atoms with E-state index in [1.54, 1.807) is 0 Å². The SMILES string of the molecule is Cc1ccccc1Cc1nc(Cl)cc(C2CC2)n1. The second kappa shape index (κ2) is 4.69. The summed E-state index contributed by atoms with van der Waals surface area (Å²) in [5.74, 6) is 1.44. The number of rotatable bonds is 3. The van der Waals surface area contributed by atoms with Crippen LogP contribution in [0.2, 0.25) is 5.15 Å². The highest BCUT2D eigenvalue weighted by atomic mass is 35.5. The molecule has 18 heavy (non-hydrogen) atoms. The van der Waals surface area contributed by atoms with Gasteiger partial charge in [0.25, 0.3) is 0 Å². The van der Waals surface area contributed by atoms with Crippen molar-refractivity contribution in [3.05, 3.63) is 58.1 Å². The maximum Gasteiger partial charge on any atom is 0.134 e. The van der Waals surface area contributed by atoms with Gasteiger partial charge in [-0.1, -0.05) is 35.9 Å². The second-order valence-corrected chi connectivity index (χ2v) is 5.30. The van der Waals surface area contributed by atoms with Gasteiger partial charge in [0.2, 0.25) is 0 Å². The summed E-state index contributed by atoms with van der Waals surface area (Å²) in [4.78, 5) is 8.97. The molecule has 0 atom stereocenters. The van der Waals surface area contributed by atoms with Crippen molar-refractivity contribution in [3.8, 4) is 0 Å². The lowest BCUT2D eigenvalue weighted by Crippen LogP contribution is -2.01. The molecule has 92 valence electrons. The molecule has 0 spiro atoms. The fraction of sp³-hybridized carbons (Fsp3) is 0.333. The Hall–Kier alpha value is -1.41. The third-order valence-corrected chi connectivity index (χ3v) is 3.56. The van der Waals surface area contributed by atoms with Gasteiger partial charge in [-0.15, -0.1) is 0 Å². The molecule has 1 aliphatic rings. The molecule has 0 N–H and O–H groups in total. The molecule has 3 rings (SSSR count). The van der Waals surface area contributed by atoms with Crippen LogP contribution in [-0.4, -0.2) is 9.97 Å². The molecular weight excluding hydrogens is 244 g/mol. The molecule has 2 aromatic rings. The third kappa shape index (κ3) is 2.54. The summed E-state index contributed by atoms with van der Waals surface area (Å²) in [6, 6.07) is 10.2. The predicted molar refractivity (Wildman–Crippen MR) is 73.0 cm³/mol. The van der Waals surface area contributed by atoms with Crippen LogP contribution in [0.5, 0.6) is 0 Å². The quantitative estimate of drug-likeness (QED) is 0.780. The molecule has 0 bridgehead atoms. The highest BCUT2D eigenvalue weighted by Crippen LogP contribution is 2.39. The Morgan fingerprint density at radius 2 is 2.00 bits per heavy atom. The number of hydrogen-bond acceptors (Lipinski definition) is 2. The first-order chi connectivity index (χ1) is 8.72. The first-order valence-corrected chi connectivity index (χ1v) is 6.68. The van der Waals surface area contributed by atoms with Crippen LogP contribution >= 0.6 is 11.6 Å². The highest BCUT2D eigenvalue weighted by Gasteiger charge is 2.25. The van der Waals surface area contributed by atoms with E-state index < -0.39 is 0 Å². The van der Waals surface area contributed by atoms with Crippen LogP contribution in [0.15, 0.2) is 30.3 Å². The Bertz CT molecular complexity index is 576. The summed E-state index contributed by atoms with van der Waals surface area (Å²) in [5, 5.41) is 0.565. The van der Waals surface area contributed by atoms with Gasteiger partial charge < -0.3 is 0 Å². The summed E-state index contributed by atoms with van der Waals surface area (Å²) < 4.78 is 0. The minimum absolute atomic E-state index is 0.565. The Balaban J connectivity index is 1.90. The van der Waals surface area contributed by atoms with Gasteiger partial charge in [-0.05, 0) is 37.0 Å². The second-order valence-electron chi connectivity index (χ2n) is 4.91. The lowest BCUT2D eigenvalue weighted by Gasteiger charge is -2.06. The van der Waals surface area contributed by atoms with Crippen molar-refractivity contribution in [2.45, 2.75) is 32.1 Å². The zero-order valence-electron chi connectivity index (χ0n) is 10.4. The number of hydrogen-bond donors (Lipinski definition) is 0. The van der Waals surface area contributed by atoms with E-state index in [0.717, 1.165) is 17.9 Å². The summed E-state index contributed by atoms with van der Waals surface area (Å²) >= 11 is 6.08. The van der Waals surface area contributed by atoms with E-state index in [1.165, 1.54) is 24.0 Å². The average Bonchev–Trinajstić information content (AvgIpc) is 3.15. The van der Waals surface area contributed by atoms with Crippen molar-refractivity contribution in [1.29, 1.82) is 0 Å². The van der Waals surface area contributed by atoms with Gasteiger partial charge in [0.1, 0.15) is 11.0 Å². The van der Waals surface area contributed by atoms with Crippen LogP contribution in [-0.2, 0) is 6.42 Å². The molecule has 3 heteroatoms. The van der Waals surface area contributed by atoms with Gasteiger partial charge in [0.15, 0.2) is 0 Å². The van der Waals surface area contributed by atoms with Gasteiger partial charge in [0, 0.05) is 18.0 Å². The van der Waals surface area contributed by atoms with E-state index in [2.05, 4.69) is 35.1 Å². The average molecular weight is 259 g/mol. The fourth-order valence-electron chi connectivity index (χ4n) is 2.13. The smallest absolute Gasteiger partial charge is 0.134 e. The van der Waals surface area contributed by atoms with E-state index in [9.17, 15) is 0 Å². The van der Waals surface area contributed by atoms with Crippen molar-refractivity contribution >= 4 is 11.6 Å². The number of aryl methyl sites for hydroxylation is 1. The summed E-state index contributed by atoms with van der Waals surface area (Å²) in [6.45, 7) is 2.11. The predicted octanol–water partition coefficient (Wildman–Crippen LogP) is 3.91. The molecule has 1 aromatic carbocycles. The van der Waals surface area contributed by atoms with Crippen LogP contribution in [0.1, 0.15) is 41.4 Å². The first-order valence-electron chi connectivity index (χ1n) is 6.30. The van der Waals surface area contributed by atoms with Crippen LogP contribution in [0.4, 0.5) is 0 Å². The summed E-state index contributed by atoms with van der Waals surface area (Å²) in [5.41, 5.74) is 3.65.